The molecular weight excluding hydrogens is 216 g/mol. The molecule has 0 spiro atoms. The molecule has 0 aromatic rings. The van der Waals surface area contributed by atoms with E-state index in [1.54, 1.807) is 0 Å². The van der Waals surface area contributed by atoms with Crippen molar-refractivity contribution in [2.45, 2.75) is 32.8 Å². The molecule has 1 heterocycles. The molecule has 0 aromatic carbocycles. The zero-order valence-electron chi connectivity index (χ0n) is 10.4. The number of aliphatic hydroxyl groups excluding tert-OH is 1. The molecule has 0 amide bonds. The van der Waals surface area contributed by atoms with Gasteiger partial charge in [-0.15, -0.1) is 0 Å². The number of ether oxygens (including phenoxy) is 1. The molecular formula is C14H20O3. The summed E-state index contributed by atoms with van der Waals surface area (Å²) < 4.78 is 5.24. The van der Waals surface area contributed by atoms with E-state index in [1.165, 1.54) is 0 Å². The first-order chi connectivity index (χ1) is 8.03. The Kier molecular flexibility index (Phi) is 2.37. The summed E-state index contributed by atoms with van der Waals surface area (Å²) in [6, 6.07) is 0. The maximum absolute atomic E-state index is 12.0. The molecule has 1 saturated heterocycles. The van der Waals surface area contributed by atoms with Crippen molar-refractivity contribution in [1.82, 2.24) is 0 Å². The van der Waals surface area contributed by atoms with Gasteiger partial charge in [-0.05, 0) is 37.5 Å². The van der Waals surface area contributed by atoms with E-state index < -0.39 is 5.41 Å². The zero-order valence-corrected chi connectivity index (χ0v) is 10.4. The van der Waals surface area contributed by atoms with Crippen LogP contribution in [0.15, 0.2) is 12.2 Å². The third-order valence-corrected chi connectivity index (χ3v) is 5.28. The minimum Gasteiger partial charge on any atom is -0.465 e. The van der Waals surface area contributed by atoms with E-state index in [1.807, 2.05) is 6.92 Å². The van der Waals surface area contributed by atoms with Crippen molar-refractivity contribution in [3.8, 4) is 0 Å². The first kappa shape index (κ1) is 11.3. The second-order valence-corrected chi connectivity index (χ2v) is 6.16. The van der Waals surface area contributed by atoms with Crippen LogP contribution in [0.2, 0.25) is 0 Å². The summed E-state index contributed by atoms with van der Waals surface area (Å²) >= 11 is 0. The lowest BCUT2D eigenvalue weighted by atomic mass is 9.55. The van der Waals surface area contributed by atoms with Crippen molar-refractivity contribution >= 4 is 5.97 Å². The molecule has 6 unspecified atom stereocenters. The fourth-order valence-corrected chi connectivity index (χ4v) is 3.92. The molecule has 3 nitrogen and oxygen atoms in total. The Bertz CT molecular complexity index is 376. The number of allylic oxidation sites excluding steroid dienone is 1. The molecule has 3 aliphatic rings. The van der Waals surface area contributed by atoms with Gasteiger partial charge in [-0.1, -0.05) is 19.1 Å². The number of esters is 1. The number of hydrogen-bond acceptors (Lipinski definition) is 3. The van der Waals surface area contributed by atoms with Gasteiger partial charge >= 0.3 is 5.97 Å². The highest BCUT2D eigenvalue weighted by atomic mass is 16.5. The molecule has 3 rings (SSSR count). The van der Waals surface area contributed by atoms with Crippen molar-refractivity contribution in [2.24, 2.45) is 29.1 Å². The second kappa shape index (κ2) is 3.58. The predicted octanol–water partition coefficient (Wildman–Crippen LogP) is 1.76. The Labute approximate surface area is 102 Å². The molecule has 0 bridgehead atoms. The molecule has 1 saturated carbocycles. The van der Waals surface area contributed by atoms with E-state index in [0.717, 1.165) is 12.8 Å². The summed E-state index contributed by atoms with van der Waals surface area (Å²) in [6.07, 6.45) is 5.86. The number of fused-ring (bicyclic) bond motifs is 3. The quantitative estimate of drug-likeness (QED) is 0.515. The van der Waals surface area contributed by atoms with Crippen molar-refractivity contribution in [2.75, 3.05) is 6.61 Å². The van der Waals surface area contributed by atoms with Crippen LogP contribution in [-0.2, 0) is 9.53 Å². The van der Waals surface area contributed by atoms with Gasteiger partial charge in [-0.25, -0.2) is 0 Å². The highest BCUT2D eigenvalue weighted by Gasteiger charge is 2.57. The summed E-state index contributed by atoms with van der Waals surface area (Å²) in [5.41, 5.74) is -0.402. The van der Waals surface area contributed by atoms with E-state index in [-0.39, 0.29) is 23.9 Å². The van der Waals surface area contributed by atoms with Gasteiger partial charge in [0.25, 0.3) is 0 Å². The number of cyclic esters (lactones) is 1. The van der Waals surface area contributed by atoms with Gasteiger partial charge in [-0.2, -0.15) is 0 Å². The van der Waals surface area contributed by atoms with Crippen LogP contribution < -0.4 is 0 Å². The normalized spacial score (nSPS) is 52.9. The Morgan fingerprint density at radius 3 is 2.94 bits per heavy atom. The third-order valence-electron chi connectivity index (χ3n) is 5.28. The Morgan fingerprint density at radius 1 is 1.41 bits per heavy atom. The molecule has 94 valence electrons. The number of carbonyl (C=O) groups excluding carboxylic acids is 1. The van der Waals surface area contributed by atoms with E-state index in [9.17, 15) is 9.90 Å². The largest absolute Gasteiger partial charge is 0.465 e. The SMILES string of the molecule is CC1CC2C=CC3COC(=O)C3(C)C2CC1O. The maximum Gasteiger partial charge on any atom is 0.312 e. The standard InChI is InChI=1S/C14H20O3/c1-8-5-9-3-4-10-7-17-13(16)14(10,2)11(9)6-12(8)15/h3-4,8-12,15H,5-7H2,1-2H3. The Hall–Kier alpha value is -0.830. The van der Waals surface area contributed by atoms with Crippen LogP contribution in [0.1, 0.15) is 26.7 Å². The van der Waals surface area contributed by atoms with Gasteiger partial charge in [-0.3, -0.25) is 4.79 Å². The molecule has 1 aliphatic heterocycles. The molecule has 2 aliphatic carbocycles. The third kappa shape index (κ3) is 1.41. The first-order valence-electron chi connectivity index (χ1n) is 6.57. The fraction of sp³-hybridized carbons (Fsp3) is 0.786. The van der Waals surface area contributed by atoms with Crippen LogP contribution in [0, 0.1) is 29.1 Å². The van der Waals surface area contributed by atoms with Crippen molar-refractivity contribution in [3.63, 3.8) is 0 Å². The van der Waals surface area contributed by atoms with Crippen molar-refractivity contribution < 1.29 is 14.6 Å². The van der Waals surface area contributed by atoms with Gasteiger partial charge in [0, 0.05) is 5.92 Å². The maximum atomic E-state index is 12.0. The van der Waals surface area contributed by atoms with E-state index in [4.69, 9.17) is 4.74 Å². The number of rotatable bonds is 0. The first-order valence-corrected chi connectivity index (χ1v) is 6.57. The fourth-order valence-electron chi connectivity index (χ4n) is 3.92. The van der Waals surface area contributed by atoms with E-state index in [2.05, 4.69) is 19.1 Å². The smallest absolute Gasteiger partial charge is 0.312 e. The summed E-state index contributed by atoms with van der Waals surface area (Å²) in [5, 5.41) is 10.1. The average Bonchev–Trinajstić information content (AvgIpc) is 2.59. The van der Waals surface area contributed by atoms with E-state index >= 15 is 0 Å². The van der Waals surface area contributed by atoms with Gasteiger partial charge < -0.3 is 9.84 Å². The average molecular weight is 236 g/mol. The Morgan fingerprint density at radius 2 is 2.18 bits per heavy atom. The summed E-state index contributed by atoms with van der Waals surface area (Å²) in [7, 11) is 0. The minimum atomic E-state index is -0.402. The van der Waals surface area contributed by atoms with E-state index in [0.29, 0.717) is 18.4 Å². The lowest BCUT2D eigenvalue weighted by Crippen LogP contribution is -2.48. The van der Waals surface area contributed by atoms with Crippen LogP contribution in [0.25, 0.3) is 0 Å². The molecule has 3 heteroatoms. The summed E-state index contributed by atoms with van der Waals surface area (Å²) in [5.74, 6) is 1.15. The number of carbonyl (C=O) groups is 1. The molecule has 17 heavy (non-hydrogen) atoms. The monoisotopic (exact) mass is 236 g/mol. The van der Waals surface area contributed by atoms with Crippen molar-refractivity contribution in [1.29, 1.82) is 0 Å². The van der Waals surface area contributed by atoms with Gasteiger partial charge in [0.1, 0.15) is 0 Å². The topological polar surface area (TPSA) is 46.5 Å². The van der Waals surface area contributed by atoms with Crippen LogP contribution in [0.5, 0.6) is 0 Å². The molecule has 2 fully saturated rings. The predicted molar refractivity (Wildman–Crippen MR) is 63.1 cm³/mol. The van der Waals surface area contributed by atoms with Crippen LogP contribution in [-0.4, -0.2) is 23.8 Å². The van der Waals surface area contributed by atoms with Gasteiger partial charge in [0.05, 0.1) is 18.1 Å². The molecule has 0 radical (unpaired) electrons. The number of aliphatic hydroxyl groups is 1. The minimum absolute atomic E-state index is 0.0661. The molecule has 6 atom stereocenters. The highest BCUT2D eigenvalue weighted by molar-refractivity contribution is 5.80. The lowest BCUT2D eigenvalue weighted by Gasteiger charge is -2.47. The highest BCUT2D eigenvalue weighted by Crippen LogP contribution is 2.54. The summed E-state index contributed by atoms with van der Waals surface area (Å²) in [6.45, 7) is 4.63. The van der Waals surface area contributed by atoms with Gasteiger partial charge in [0.15, 0.2) is 0 Å². The zero-order chi connectivity index (χ0) is 12.2. The van der Waals surface area contributed by atoms with Crippen molar-refractivity contribution in [3.05, 3.63) is 12.2 Å². The van der Waals surface area contributed by atoms with Crippen LogP contribution in [0.3, 0.4) is 0 Å². The van der Waals surface area contributed by atoms with Crippen LogP contribution in [0.4, 0.5) is 0 Å². The number of hydrogen-bond donors (Lipinski definition) is 1. The lowest BCUT2D eigenvalue weighted by molar-refractivity contribution is -0.151. The van der Waals surface area contributed by atoms with Crippen LogP contribution >= 0.6 is 0 Å². The molecule has 1 N–H and O–H groups in total. The Balaban J connectivity index is 1.97. The second-order valence-electron chi connectivity index (χ2n) is 6.16. The van der Waals surface area contributed by atoms with Gasteiger partial charge in [0.2, 0.25) is 0 Å². The molecule has 0 aromatic heterocycles. The summed E-state index contributed by atoms with van der Waals surface area (Å²) in [4.78, 5) is 12.0.